The summed E-state index contributed by atoms with van der Waals surface area (Å²) >= 11 is 0. The molecular formula is C21H16N2O2. The molecule has 0 fully saturated rings. The van der Waals surface area contributed by atoms with E-state index in [1.54, 1.807) is 42.7 Å². The number of ether oxygens (including phenoxy) is 1. The number of pyridine rings is 1. The van der Waals surface area contributed by atoms with Gasteiger partial charge in [-0.15, -0.1) is 0 Å². The number of benzene rings is 2. The monoisotopic (exact) mass is 328 g/mol. The zero-order valence-corrected chi connectivity index (χ0v) is 13.6. The highest BCUT2D eigenvalue weighted by Crippen LogP contribution is 2.18. The molecular weight excluding hydrogens is 312 g/mol. The second-order valence-electron chi connectivity index (χ2n) is 5.54. The summed E-state index contributed by atoms with van der Waals surface area (Å²) < 4.78 is 5.76. The molecule has 4 nitrogen and oxygen atoms in total. The summed E-state index contributed by atoms with van der Waals surface area (Å²) in [5, 5.41) is 9.12. The summed E-state index contributed by atoms with van der Waals surface area (Å²) in [4.78, 5) is 16.4. The topological polar surface area (TPSA) is 63.0 Å². The van der Waals surface area contributed by atoms with Crippen molar-refractivity contribution in [3.63, 3.8) is 0 Å². The predicted octanol–water partition coefficient (Wildman–Crippen LogP) is 3.96. The number of carbonyl (C=O) groups excluding carboxylic acids is 1. The SMILES string of the molecule is N#Cc1ccccc1COc1cccc(C(=O)Cc2ccncc2)c1. The van der Waals surface area contributed by atoms with Crippen molar-refractivity contribution >= 4 is 5.78 Å². The van der Waals surface area contributed by atoms with Crippen molar-refractivity contribution in [2.75, 3.05) is 0 Å². The highest BCUT2D eigenvalue weighted by molar-refractivity contribution is 5.97. The summed E-state index contributed by atoms with van der Waals surface area (Å²) in [6, 6.07) is 20.2. The molecule has 0 aliphatic rings. The van der Waals surface area contributed by atoms with Crippen LogP contribution in [0.2, 0.25) is 0 Å². The molecule has 4 heteroatoms. The van der Waals surface area contributed by atoms with Crippen LogP contribution in [0.1, 0.15) is 27.0 Å². The number of carbonyl (C=O) groups is 1. The Morgan fingerprint density at radius 2 is 1.84 bits per heavy atom. The van der Waals surface area contributed by atoms with E-state index in [1.165, 1.54) is 0 Å². The lowest BCUT2D eigenvalue weighted by Gasteiger charge is -2.09. The zero-order chi connectivity index (χ0) is 17.5. The molecule has 0 aliphatic carbocycles. The molecule has 0 amide bonds. The normalized spacial score (nSPS) is 10.0. The van der Waals surface area contributed by atoms with E-state index < -0.39 is 0 Å². The third kappa shape index (κ3) is 4.30. The quantitative estimate of drug-likeness (QED) is 0.643. The summed E-state index contributed by atoms with van der Waals surface area (Å²) in [7, 11) is 0. The van der Waals surface area contributed by atoms with E-state index in [0.717, 1.165) is 11.1 Å². The molecule has 0 unspecified atom stereocenters. The first-order chi connectivity index (χ1) is 12.3. The van der Waals surface area contributed by atoms with Crippen LogP contribution >= 0.6 is 0 Å². The van der Waals surface area contributed by atoms with Crippen LogP contribution in [-0.4, -0.2) is 10.8 Å². The molecule has 0 radical (unpaired) electrons. The van der Waals surface area contributed by atoms with Gasteiger partial charge in [0.05, 0.1) is 11.6 Å². The average molecular weight is 328 g/mol. The maximum Gasteiger partial charge on any atom is 0.167 e. The number of Topliss-reactive ketones (excluding diaryl/α,β-unsaturated/α-hetero) is 1. The van der Waals surface area contributed by atoms with Crippen molar-refractivity contribution < 1.29 is 9.53 Å². The van der Waals surface area contributed by atoms with Gasteiger partial charge in [0.15, 0.2) is 5.78 Å². The van der Waals surface area contributed by atoms with E-state index in [1.807, 2.05) is 30.3 Å². The number of ketones is 1. The van der Waals surface area contributed by atoms with Gasteiger partial charge in [0.2, 0.25) is 0 Å². The fourth-order valence-corrected chi connectivity index (χ4v) is 2.46. The Balaban J connectivity index is 1.69. The number of nitrogens with zero attached hydrogens (tertiary/aromatic N) is 2. The predicted molar refractivity (Wildman–Crippen MR) is 94.2 cm³/mol. The molecule has 0 atom stereocenters. The lowest BCUT2D eigenvalue weighted by molar-refractivity contribution is 0.0992. The van der Waals surface area contributed by atoms with Crippen LogP contribution in [0.15, 0.2) is 73.1 Å². The largest absolute Gasteiger partial charge is 0.489 e. The molecule has 0 spiro atoms. The van der Waals surface area contributed by atoms with Crippen molar-refractivity contribution in [3.8, 4) is 11.8 Å². The molecule has 0 saturated carbocycles. The fourth-order valence-electron chi connectivity index (χ4n) is 2.46. The van der Waals surface area contributed by atoms with Crippen LogP contribution in [0, 0.1) is 11.3 Å². The number of rotatable bonds is 6. The smallest absolute Gasteiger partial charge is 0.167 e. The lowest BCUT2D eigenvalue weighted by atomic mass is 10.0. The first-order valence-corrected chi connectivity index (χ1v) is 7.89. The zero-order valence-electron chi connectivity index (χ0n) is 13.6. The van der Waals surface area contributed by atoms with Gasteiger partial charge in [0.1, 0.15) is 12.4 Å². The van der Waals surface area contributed by atoms with E-state index >= 15 is 0 Å². The molecule has 0 N–H and O–H groups in total. The molecule has 1 aromatic heterocycles. The summed E-state index contributed by atoms with van der Waals surface area (Å²) in [6.07, 6.45) is 3.67. The highest BCUT2D eigenvalue weighted by Gasteiger charge is 2.09. The Kier molecular flexibility index (Phi) is 5.18. The Labute approximate surface area is 146 Å². The van der Waals surface area contributed by atoms with E-state index in [4.69, 9.17) is 10.00 Å². The second-order valence-corrected chi connectivity index (χ2v) is 5.54. The number of nitriles is 1. The number of hydrogen-bond donors (Lipinski definition) is 0. The van der Waals surface area contributed by atoms with Crippen LogP contribution in [0.3, 0.4) is 0 Å². The molecule has 122 valence electrons. The Bertz CT molecular complexity index is 914. The van der Waals surface area contributed by atoms with Crippen molar-refractivity contribution in [2.45, 2.75) is 13.0 Å². The second kappa shape index (κ2) is 7.89. The van der Waals surface area contributed by atoms with E-state index in [-0.39, 0.29) is 12.4 Å². The molecule has 25 heavy (non-hydrogen) atoms. The lowest BCUT2D eigenvalue weighted by Crippen LogP contribution is -2.04. The van der Waals surface area contributed by atoms with Gasteiger partial charge in [-0.2, -0.15) is 5.26 Å². The summed E-state index contributed by atoms with van der Waals surface area (Å²) in [5.41, 5.74) is 2.93. The molecule has 1 heterocycles. The van der Waals surface area contributed by atoms with Gasteiger partial charge in [-0.05, 0) is 35.9 Å². The molecule has 3 aromatic rings. The summed E-state index contributed by atoms with van der Waals surface area (Å²) in [5.74, 6) is 0.627. The average Bonchev–Trinajstić information content (AvgIpc) is 2.67. The minimum atomic E-state index is 0.0223. The standard InChI is InChI=1S/C21H16N2O2/c22-14-18-4-1-2-5-19(18)15-25-20-7-3-6-17(13-20)21(24)12-16-8-10-23-11-9-16/h1-11,13H,12,15H2. The van der Waals surface area contributed by atoms with Crippen molar-refractivity contribution in [3.05, 3.63) is 95.3 Å². The number of aromatic nitrogens is 1. The maximum absolute atomic E-state index is 12.4. The van der Waals surface area contributed by atoms with Crippen LogP contribution in [-0.2, 0) is 13.0 Å². The van der Waals surface area contributed by atoms with Crippen molar-refractivity contribution in [2.24, 2.45) is 0 Å². The fraction of sp³-hybridized carbons (Fsp3) is 0.0952. The molecule has 3 rings (SSSR count). The highest BCUT2D eigenvalue weighted by atomic mass is 16.5. The van der Waals surface area contributed by atoms with Gasteiger partial charge >= 0.3 is 0 Å². The minimum Gasteiger partial charge on any atom is -0.489 e. The van der Waals surface area contributed by atoms with E-state index in [9.17, 15) is 4.79 Å². The third-order valence-corrected chi connectivity index (χ3v) is 3.80. The Hall–Kier alpha value is -3.45. The van der Waals surface area contributed by atoms with Gasteiger partial charge in [-0.3, -0.25) is 9.78 Å². The maximum atomic E-state index is 12.4. The Morgan fingerprint density at radius 1 is 1.04 bits per heavy atom. The first-order valence-electron chi connectivity index (χ1n) is 7.89. The molecule has 0 bridgehead atoms. The van der Waals surface area contributed by atoms with Crippen molar-refractivity contribution in [1.29, 1.82) is 5.26 Å². The van der Waals surface area contributed by atoms with Gasteiger partial charge < -0.3 is 4.74 Å². The van der Waals surface area contributed by atoms with E-state index in [0.29, 0.717) is 23.3 Å². The third-order valence-electron chi connectivity index (χ3n) is 3.80. The Morgan fingerprint density at radius 3 is 2.64 bits per heavy atom. The van der Waals surface area contributed by atoms with Gasteiger partial charge in [0.25, 0.3) is 0 Å². The molecule has 2 aromatic carbocycles. The first kappa shape index (κ1) is 16.4. The molecule has 0 aliphatic heterocycles. The van der Waals surface area contributed by atoms with Gasteiger partial charge in [0, 0.05) is 29.9 Å². The minimum absolute atomic E-state index is 0.0223. The van der Waals surface area contributed by atoms with Gasteiger partial charge in [-0.25, -0.2) is 0 Å². The number of hydrogen-bond acceptors (Lipinski definition) is 4. The van der Waals surface area contributed by atoms with Crippen LogP contribution in [0.5, 0.6) is 5.75 Å². The van der Waals surface area contributed by atoms with E-state index in [2.05, 4.69) is 11.1 Å². The van der Waals surface area contributed by atoms with Crippen LogP contribution in [0.4, 0.5) is 0 Å². The molecule has 0 saturated heterocycles. The van der Waals surface area contributed by atoms with Crippen molar-refractivity contribution in [1.82, 2.24) is 4.98 Å². The van der Waals surface area contributed by atoms with Crippen LogP contribution < -0.4 is 4.74 Å². The summed E-state index contributed by atoms with van der Waals surface area (Å²) in [6.45, 7) is 0.283. The van der Waals surface area contributed by atoms with Crippen LogP contribution in [0.25, 0.3) is 0 Å². The van der Waals surface area contributed by atoms with Gasteiger partial charge in [-0.1, -0.05) is 30.3 Å².